The first-order chi connectivity index (χ1) is 9.68. The molecule has 0 amide bonds. The molecule has 2 atom stereocenters. The Kier molecular flexibility index (Phi) is 5.34. The summed E-state index contributed by atoms with van der Waals surface area (Å²) in [4.78, 5) is 0.309. The fraction of sp³-hybridized carbons (Fsp3) is 0.600. The van der Waals surface area contributed by atoms with Crippen LogP contribution in [0, 0.1) is 18.3 Å². The Balaban J connectivity index is 2.08. The quantitative estimate of drug-likeness (QED) is 0.779. The van der Waals surface area contributed by atoms with Gasteiger partial charge in [-0.3, -0.25) is 0 Å². The Morgan fingerprint density at radius 3 is 2.43 bits per heavy atom. The summed E-state index contributed by atoms with van der Waals surface area (Å²) in [7, 11) is -3.52. The highest BCUT2D eigenvalue weighted by Crippen LogP contribution is 2.38. The first-order valence-corrected chi connectivity index (χ1v) is 11.1. The van der Waals surface area contributed by atoms with Gasteiger partial charge in [-0.05, 0) is 24.5 Å². The van der Waals surface area contributed by atoms with Gasteiger partial charge >= 0.3 is 0 Å². The van der Waals surface area contributed by atoms with Gasteiger partial charge in [-0.15, -0.1) is 11.8 Å². The van der Waals surface area contributed by atoms with E-state index in [4.69, 9.17) is 0 Å². The van der Waals surface area contributed by atoms with Crippen LogP contribution in [0.5, 0.6) is 0 Å². The van der Waals surface area contributed by atoms with Gasteiger partial charge in [0.2, 0.25) is 0 Å². The van der Waals surface area contributed by atoms with Crippen molar-refractivity contribution < 1.29 is 8.42 Å². The zero-order valence-corrected chi connectivity index (χ0v) is 15.4. The van der Waals surface area contributed by atoms with E-state index in [2.05, 4.69) is 24.9 Å². The van der Waals surface area contributed by atoms with E-state index in [-0.39, 0.29) is 5.41 Å². The third-order valence-electron chi connectivity index (χ3n) is 3.68. The van der Waals surface area contributed by atoms with Gasteiger partial charge in [-0.1, -0.05) is 49.5 Å². The lowest BCUT2D eigenvalue weighted by atomic mass is 9.83. The minimum absolute atomic E-state index is 0.210. The molecule has 0 aromatic heterocycles. The van der Waals surface area contributed by atoms with E-state index in [0.29, 0.717) is 10.8 Å². The topological polar surface area (TPSA) is 48.2 Å². The van der Waals surface area contributed by atoms with Gasteiger partial charge in [-0.2, -0.15) is 0 Å². The standard InChI is InChI=1S/C15H23NO2S3/c1-12-5-7-14(8-6-12)21(17,18)16-20-10-13(9-19-11-20)15(2,3)4/h5-8,13H,9-11H2,1-4H3. The zero-order chi connectivity index (χ0) is 15.7. The largest absolute Gasteiger partial charge is 0.312 e. The van der Waals surface area contributed by atoms with Crippen molar-refractivity contribution in [3.63, 3.8) is 0 Å². The van der Waals surface area contributed by atoms with Crippen molar-refractivity contribution in [1.82, 2.24) is 0 Å². The lowest BCUT2D eigenvalue weighted by Crippen LogP contribution is -2.34. The summed E-state index contributed by atoms with van der Waals surface area (Å²) in [6.45, 7) is 8.61. The minimum atomic E-state index is -3.52. The van der Waals surface area contributed by atoms with Gasteiger partial charge in [0.05, 0.1) is 4.90 Å². The van der Waals surface area contributed by atoms with E-state index in [1.54, 1.807) is 12.1 Å². The molecule has 0 spiro atoms. The molecule has 3 nitrogen and oxygen atoms in total. The summed E-state index contributed by atoms with van der Waals surface area (Å²) in [5.41, 5.74) is 1.26. The van der Waals surface area contributed by atoms with Gasteiger partial charge in [0.15, 0.2) is 0 Å². The molecule has 118 valence electrons. The molecule has 2 rings (SSSR count). The Morgan fingerprint density at radius 2 is 1.86 bits per heavy atom. The summed E-state index contributed by atoms with van der Waals surface area (Å²) in [6.07, 6.45) is 0. The second-order valence-corrected chi connectivity index (χ2v) is 11.5. The van der Waals surface area contributed by atoms with Gasteiger partial charge in [0.1, 0.15) is 20.9 Å². The fourth-order valence-electron chi connectivity index (χ4n) is 2.06. The number of sulfonamides is 1. The van der Waals surface area contributed by atoms with Gasteiger partial charge in [-0.25, -0.2) is 8.42 Å². The molecule has 1 aromatic carbocycles. The first-order valence-electron chi connectivity index (χ1n) is 6.98. The summed E-state index contributed by atoms with van der Waals surface area (Å²) in [5.74, 6) is 2.52. The highest BCUT2D eigenvalue weighted by atomic mass is 32.3. The van der Waals surface area contributed by atoms with Crippen LogP contribution in [0.4, 0.5) is 0 Å². The van der Waals surface area contributed by atoms with Crippen molar-refractivity contribution in [3.8, 4) is 0 Å². The molecule has 2 unspecified atom stereocenters. The van der Waals surface area contributed by atoms with Crippen LogP contribution in [0.2, 0.25) is 0 Å². The van der Waals surface area contributed by atoms with Gasteiger partial charge in [0, 0.05) is 11.7 Å². The van der Waals surface area contributed by atoms with Crippen LogP contribution in [-0.4, -0.2) is 25.0 Å². The molecule has 1 heterocycles. The zero-order valence-electron chi connectivity index (χ0n) is 13.0. The average molecular weight is 346 g/mol. The molecule has 1 fully saturated rings. The van der Waals surface area contributed by atoms with Crippen LogP contribution in [0.1, 0.15) is 26.3 Å². The molecular formula is C15H23NO2S3. The highest BCUT2D eigenvalue weighted by molar-refractivity contribution is 8.22. The monoisotopic (exact) mass is 345 g/mol. The Labute approximate surface area is 135 Å². The molecule has 1 aliphatic rings. The molecule has 0 N–H and O–H groups in total. The Morgan fingerprint density at radius 1 is 1.24 bits per heavy atom. The number of benzene rings is 1. The van der Waals surface area contributed by atoms with Crippen LogP contribution in [0.25, 0.3) is 4.13 Å². The van der Waals surface area contributed by atoms with E-state index < -0.39 is 21.1 Å². The minimum Gasteiger partial charge on any atom is -0.312 e. The van der Waals surface area contributed by atoms with E-state index >= 15 is 0 Å². The fourth-order valence-corrected chi connectivity index (χ4v) is 8.47. The highest BCUT2D eigenvalue weighted by Gasteiger charge is 2.34. The summed E-state index contributed by atoms with van der Waals surface area (Å²) < 4.78 is 29.0. The number of nitrogens with zero attached hydrogens (tertiary/aromatic N) is 1. The molecule has 1 saturated heterocycles. The molecule has 0 bridgehead atoms. The van der Waals surface area contributed by atoms with Gasteiger partial charge in [0.25, 0.3) is 0 Å². The molecule has 1 aliphatic heterocycles. The summed E-state index contributed by atoms with van der Waals surface area (Å²) in [6, 6.07) is 6.93. The Bertz CT molecular complexity index is 576. The number of hydrogen-bond acceptors (Lipinski definition) is 3. The Hall–Kier alpha value is -0.170. The smallest absolute Gasteiger partial charge is 0.142 e. The first kappa shape index (κ1) is 17.2. The van der Waals surface area contributed by atoms with Crippen LogP contribution < -0.4 is 0 Å². The average Bonchev–Trinajstić information content (AvgIpc) is 2.38. The van der Waals surface area contributed by atoms with E-state index in [1.807, 2.05) is 30.8 Å². The van der Waals surface area contributed by atoms with Crippen LogP contribution in [-0.2, 0) is 21.1 Å². The second-order valence-electron chi connectivity index (χ2n) is 6.54. The SMILES string of the molecule is Cc1ccc(S(=O)(=O)[N-][S+]2CSCC(C(C)(C)C)C2)cc1. The van der Waals surface area contributed by atoms with Crippen molar-refractivity contribution in [3.05, 3.63) is 34.0 Å². The third kappa shape index (κ3) is 4.65. The van der Waals surface area contributed by atoms with Crippen LogP contribution in [0.3, 0.4) is 0 Å². The molecule has 0 radical (unpaired) electrons. The lowest BCUT2D eigenvalue weighted by molar-refractivity contribution is 0.292. The number of rotatable bonds is 3. The number of aryl methyl sites for hydroxylation is 1. The molecular weight excluding hydrogens is 322 g/mol. The maximum atomic E-state index is 12.4. The molecule has 1 aromatic rings. The maximum Gasteiger partial charge on any atom is 0.142 e. The molecule has 0 aliphatic carbocycles. The lowest BCUT2D eigenvalue weighted by Gasteiger charge is -2.36. The number of thioether (sulfide) groups is 1. The van der Waals surface area contributed by atoms with E-state index in [1.165, 1.54) is 0 Å². The van der Waals surface area contributed by atoms with Crippen molar-refractivity contribution in [2.24, 2.45) is 11.3 Å². The predicted octanol–water partition coefficient (Wildman–Crippen LogP) is 3.96. The van der Waals surface area contributed by atoms with E-state index in [0.717, 1.165) is 22.2 Å². The van der Waals surface area contributed by atoms with Crippen molar-refractivity contribution >= 4 is 32.9 Å². The number of hydrogen-bond donors (Lipinski definition) is 0. The molecule has 6 heteroatoms. The normalized spacial score (nSPS) is 24.0. The van der Waals surface area contributed by atoms with E-state index in [9.17, 15) is 8.42 Å². The summed E-state index contributed by atoms with van der Waals surface area (Å²) in [5, 5.41) is 0.831. The van der Waals surface area contributed by atoms with Crippen LogP contribution in [0.15, 0.2) is 29.2 Å². The maximum absolute atomic E-state index is 12.4. The van der Waals surface area contributed by atoms with Crippen molar-refractivity contribution in [1.29, 1.82) is 0 Å². The third-order valence-corrected chi connectivity index (χ3v) is 9.36. The molecule has 21 heavy (non-hydrogen) atoms. The van der Waals surface area contributed by atoms with Crippen molar-refractivity contribution in [2.75, 3.05) is 16.6 Å². The predicted molar refractivity (Wildman–Crippen MR) is 94.2 cm³/mol. The summed E-state index contributed by atoms with van der Waals surface area (Å²) >= 11 is 1.43. The van der Waals surface area contributed by atoms with Crippen LogP contribution >= 0.6 is 11.8 Å². The van der Waals surface area contributed by atoms with Crippen molar-refractivity contribution in [2.45, 2.75) is 32.6 Å². The molecule has 0 saturated carbocycles. The van der Waals surface area contributed by atoms with Gasteiger partial charge < -0.3 is 4.13 Å². The second kappa shape index (κ2) is 6.52.